The van der Waals surface area contributed by atoms with Crippen LogP contribution in [-0.4, -0.2) is 29.5 Å². The Labute approximate surface area is 127 Å². The predicted molar refractivity (Wildman–Crippen MR) is 81.8 cm³/mol. The fourth-order valence-corrected chi connectivity index (χ4v) is 2.54. The Morgan fingerprint density at radius 1 is 1.11 bits per heavy atom. The summed E-state index contributed by atoms with van der Waals surface area (Å²) in [6.45, 7) is 2.56. The van der Waals surface area contributed by atoms with Crippen molar-refractivity contribution in [3.8, 4) is 0 Å². The van der Waals surface area contributed by atoms with Crippen molar-refractivity contribution in [3.05, 3.63) is 0 Å². The maximum atomic E-state index is 11.1. The van der Waals surface area contributed by atoms with E-state index in [0.717, 1.165) is 17.3 Å². The summed E-state index contributed by atoms with van der Waals surface area (Å²) in [5.74, 6) is 0. The van der Waals surface area contributed by atoms with Crippen LogP contribution in [-0.2, 0) is 4.74 Å². The van der Waals surface area contributed by atoms with Crippen LogP contribution in [0.15, 0.2) is 0 Å². The number of nitrogens with zero attached hydrogens (tertiary/aromatic N) is 1. The second-order valence-electron chi connectivity index (χ2n) is 4.88. The minimum absolute atomic E-state index is 0.100. The summed E-state index contributed by atoms with van der Waals surface area (Å²) >= 11 is 11.8. The van der Waals surface area contributed by atoms with Crippen molar-refractivity contribution in [2.75, 3.05) is 13.7 Å². The lowest BCUT2D eigenvalue weighted by molar-refractivity contribution is 0.149. The lowest BCUT2D eigenvalue weighted by Gasteiger charge is -2.15. The largest absolute Gasteiger partial charge is 0.452 e. The van der Waals surface area contributed by atoms with Crippen molar-refractivity contribution in [1.29, 1.82) is 0 Å². The molecule has 0 rings (SSSR count). The van der Waals surface area contributed by atoms with Gasteiger partial charge in [-0.1, -0.05) is 58.3 Å². The van der Waals surface area contributed by atoms with Crippen molar-refractivity contribution < 1.29 is 9.53 Å². The van der Waals surface area contributed by atoms with Crippen LogP contribution < -0.4 is 0 Å². The number of amides is 1. The summed E-state index contributed by atoms with van der Waals surface area (Å²) in [7, 11) is 1.31. The van der Waals surface area contributed by atoms with Gasteiger partial charge in [0.25, 0.3) is 0 Å². The Morgan fingerprint density at radius 3 is 2.16 bits per heavy atom. The SMILES string of the molecule is CCCCCCCCCCC(Cl)CN(Cl)C(=O)OC. The van der Waals surface area contributed by atoms with Gasteiger partial charge in [-0.15, -0.1) is 11.6 Å². The molecular formula is C14H27Cl2NO2. The number of hydrogen-bond acceptors (Lipinski definition) is 2. The molecule has 0 bridgehead atoms. The number of carbonyl (C=O) groups is 1. The number of hydrogen-bond donors (Lipinski definition) is 0. The maximum absolute atomic E-state index is 11.1. The molecule has 3 nitrogen and oxygen atoms in total. The topological polar surface area (TPSA) is 29.5 Å². The second-order valence-corrected chi connectivity index (χ2v) is 5.90. The lowest BCUT2D eigenvalue weighted by atomic mass is 10.1. The van der Waals surface area contributed by atoms with Crippen LogP contribution in [0.4, 0.5) is 4.79 Å². The number of unbranched alkanes of at least 4 members (excludes halogenated alkanes) is 7. The molecular weight excluding hydrogens is 285 g/mol. The Balaban J connectivity index is 3.38. The van der Waals surface area contributed by atoms with Gasteiger partial charge in [0, 0.05) is 11.8 Å². The molecule has 0 saturated heterocycles. The molecule has 0 N–H and O–H groups in total. The van der Waals surface area contributed by atoms with Crippen LogP contribution >= 0.6 is 23.4 Å². The Morgan fingerprint density at radius 2 is 1.63 bits per heavy atom. The van der Waals surface area contributed by atoms with E-state index in [9.17, 15) is 4.79 Å². The third kappa shape index (κ3) is 11.4. The fourth-order valence-electron chi connectivity index (χ4n) is 1.94. The Hall–Kier alpha value is -0.150. The van der Waals surface area contributed by atoms with Crippen molar-refractivity contribution in [1.82, 2.24) is 4.42 Å². The first-order chi connectivity index (χ1) is 9.11. The second kappa shape index (κ2) is 12.9. The van der Waals surface area contributed by atoms with Crippen LogP contribution in [0.3, 0.4) is 0 Å². The summed E-state index contributed by atoms with van der Waals surface area (Å²) in [5.41, 5.74) is 0. The highest BCUT2D eigenvalue weighted by Crippen LogP contribution is 2.14. The van der Waals surface area contributed by atoms with Crippen LogP contribution in [0.2, 0.25) is 0 Å². The van der Waals surface area contributed by atoms with E-state index >= 15 is 0 Å². The highest BCUT2D eigenvalue weighted by atomic mass is 35.5. The highest BCUT2D eigenvalue weighted by Gasteiger charge is 2.15. The zero-order valence-electron chi connectivity index (χ0n) is 12.2. The van der Waals surface area contributed by atoms with Gasteiger partial charge in [0.1, 0.15) is 0 Å². The average Bonchev–Trinajstić information content (AvgIpc) is 2.40. The third-order valence-corrected chi connectivity index (χ3v) is 3.73. The summed E-state index contributed by atoms with van der Waals surface area (Å²) < 4.78 is 5.50. The molecule has 0 radical (unpaired) electrons. The lowest BCUT2D eigenvalue weighted by Crippen LogP contribution is -2.27. The molecule has 114 valence electrons. The van der Waals surface area contributed by atoms with Crippen LogP contribution in [0.1, 0.15) is 64.7 Å². The quantitative estimate of drug-likeness (QED) is 0.292. The first-order valence-corrected chi connectivity index (χ1v) is 8.04. The number of rotatable bonds is 11. The van der Waals surface area contributed by atoms with Gasteiger partial charge in [-0.3, -0.25) is 0 Å². The highest BCUT2D eigenvalue weighted by molar-refractivity contribution is 6.23. The summed E-state index contributed by atoms with van der Waals surface area (Å²) in [5, 5.41) is -0.100. The molecule has 0 aliphatic carbocycles. The standard InChI is InChI=1S/C14H27Cl2NO2/c1-3-4-5-6-7-8-9-10-11-13(15)12-17(16)14(18)19-2/h13H,3-12H2,1-2H3. The molecule has 0 aromatic heterocycles. The molecule has 0 aliphatic heterocycles. The van der Waals surface area contributed by atoms with E-state index in [4.69, 9.17) is 23.4 Å². The molecule has 19 heavy (non-hydrogen) atoms. The number of methoxy groups -OCH3 is 1. The normalized spacial score (nSPS) is 12.2. The molecule has 0 aromatic carbocycles. The van der Waals surface area contributed by atoms with Gasteiger partial charge in [0.2, 0.25) is 0 Å². The van der Waals surface area contributed by atoms with Gasteiger partial charge in [0.15, 0.2) is 0 Å². The minimum Gasteiger partial charge on any atom is -0.452 e. The van der Waals surface area contributed by atoms with Gasteiger partial charge in [-0.2, -0.15) is 0 Å². The van der Waals surface area contributed by atoms with Crippen molar-refractivity contribution in [3.63, 3.8) is 0 Å². The molecule has 0 fully saturated rings. The number of halogens is 2. The number of ether oxygens (including phenoxy) is 1. The van der Waals surface area contributed by atoms with Crippen LogP contribution in [0.25, 0.3) is 0 Å². The van der Waals surface area contributed by atoms with Gasteiger partial charge < -0.3 is 4.74 Å². The Bertz CT molecular complexity index is 227. The summed E-state index contributed by atoms with van der Waals surface area (Å²) in [6.07, 6.45) is 10.6. The molecule has 1 atom stereocenters. The van der Waals surface area contributed by atoms with Crippen molar-refractivity contribution in [2.45, 2.75) is 70.1 Å². The molecule has 1 unspecified atom stereocenters. The molecule has 0 heterocycles. The van der Waals surface area contributed by atoms with E-state index < -0.39 is 6.09 Å². The number of carbonyl (C=O) groups excluding carboxylic acids is 1. The van der Waals surface area contributed by atoms with Gasteiger partial charge in [0.05, 0.1) is 19.0 Å². The molecule has 0 saturated carbocycles. The van der Waals surface area contributed by atoms with Crippen molar-refractivity contribution >= 4 is 29.5 Å². The number of alkyl halides is 1. The first kappa shape index (κ1) is 18.9. The zero-order chi connectivity index (χ0) is 14.5. The Kier molecular flexibility index (Phi) is 12.8. The third-order valence-electron chi connectivity index (χ3n) is 3.10. The predicted octanol–water partition coefficient (Wildman–Crippen LogP) is 5.35. The zero-order valence-corrected chi connectivity index (χ0v) is 13.7. The smallest absolute Gasteiger partial charge is 0.424 e. The van der Waals surface area contributed by atoms with Crippen LogP contribution in [0.5, 0.6) is 0 Å². The van der Waals surface area contributed by atoms with E-state index in [1.54, 1.807) is 0 Å². The summed E-state index contributed by atoms with van der Waals surface area (Å²) in [6, 6.07) is 0. The van der Waals surface area contributed by atoms with E-state index in [2.05, 4.69) is 11.7 Å². The molecule has 1 amide bonds. The van der Waals surface area contributed by atoms with Gasteiger partial charge in [-0.05, 0) is 6.42 Å². The summed E-state index contributed by atoms with van der Waals surface area (Å²) in [4.78, 5) is 11.1. The first-order valence-electron chi connectivity index (χ1n) is 7.27. The maximum Gasteiger partial charge on any atom is 0.424 e. The monoisotopic (exact) mass is 311 g/mol. The van der Waals surface area contributed by atoms with Gasteiger partial charge in [-0.25, -0.2) is 9.21 Å². The fraction of sp³-hybridized carbons (Fsp3) is 0.929. The van der Waals surface area contributed by atoms with Crippen LogP contribution in [0, 0.1) is 0 Å². The molecule has 0 aliphatic rings. The van der Waals surface area contributed by atoms with E-state index in [1.165, 1.54) is 52.1 Å². The molecule has 5 heteroatoms. The average molecular weight is 312 g/mol. The molecule has 0 aromatic rings. The minimum atomic E-state index is -0.553. The van der Waals surface area contributed by atoms with Gasteiger partial charge >= 0.3 is 6.09 Å². The van der Waals surface area contributed by atoms with E-state index in [-0.39, 0.29) is 5.38 Å². The van der Waals surface area contributed by atoms with Crippen molar-refractivity contribution in [2.24, 2.45) is 0 Å². The van der Waals surface area contributed by atoms with E-state index in [1.807, 2.05) is 0 Å². The van der Waals surface area contributed by atoms with E-state index in [0.29, 0.717) is 6.54 Å². The molecule has 0 spiro atoms.